The van der Waals surface area contributed by atoms with Gasteiger partial charge >= 0.3 is 12.1 Å². The molecule has 0 aromatic heterocycles. The molecule has 0 heterocycles. The quantitative estimate of drug-likeness (QED) is 0.395. The van der Waals surface area contributed by atoms with Crippen LogP contribution >= 0.6 is 0 Å². The van der Waals surface area contributed by atoms with Crippen LogP contribution in [0.15, 0.2) is 30.3 Å². The number of carbonyl (C=O) groups is 1. The van der Waals surface area contributed by atoms with Crippen molar-refractivity contribution in [3.63, 3.8) is 0 Å². The molecule has 0 fully saturated rings. The second-order valence-electron chi connectivity index (χ2n) is 3.26. The summed E-state index contributed by atoms with van der Waals surface area (Å²) in [6.07, 6.45) is -4.14. The van der Waals surface area contributed by atoms with E-state index < -0.39 is 30.3 Å². The highest BCUT2D eigenvalue weighted by Gasteiger charge is 2.29. The summed E-state index contributed by atoms with van der Waals surface area (Å²) in [4.78, 5) is 10.9. The third kappa shape index (κ3) is 4.86. The molecular formula is C11H8F4O3. The zero-order chi connectivity index (χ0) is 13.8. The fourth-order valence-corrected chi connectivity index (χ4v) is 1.01. The first-order chi connectivity index (χ1) is 8.28. The van der Waals surface area contributed by atoms with Crippen LogP contribution in [0.25, 0.3) is 5.76 Å². The Labute approximate surface area is 99.3 Å². The molecule has 98 valence electrons. The molecule has 0 unspecified atom stereocenters. The SMILES string of the molecule is O=C(/C=C(\O)c1ccc(F)cc1)OCC(F)(F)F. The third-order valence-electron chi connectivity index (χ3n) is 1.77. The van der Waals surface area contributed by atoms with E-state index in [0.717, 1.165) is 24.3 Å². The molecule has 0 aliphatic carbocycles. The van der Waals surface area contributed by atoms with Gasteiger partial charge in [-0.15, -0.1) is 0 Å². The lowest BCUT2D eigenvalue weighted by molar-refractivity contribution is -0.182. The molecular weight excluding hydrogens is 256 g/mol. The lowest BCUT2D eigenvalue weighted by Crippen LogP contribution is -2.19. The molecule has 0 atom stereocenters. The summed E-state index contributed by atoms with van der Waals surface area (Å²) in [5.74, 6) is -2.50. The van der Waals surface area contributed by atoms with Gasteiger partial charge in [-0.2, -0.15) is 13.2 Å². The van der Waals surface area contributed by atoms with Gasteiger partial charge in [-0.05, 0) is 24.3 Å². The zero-order valence-electron chi connectivity index (χ0n) is 8.87. The van der Waals surface area contributed by atoms with Crippen LogP contribution < -0.4 is 0 Å². The first-order valence-electron chi connectivity index (χ1n) is 4.68. The van der Waals surface area contributed by atoms with E-state index in [9.17, 15) is 27.5 Å². The van der Waals surface area contributed by atoms with Crippen molar-refractivity contribution in [2.75, 3.05) is 6.61 Å². The molecule has 1 N–H and O–H groups in total. The minimum absolute atomic E-state index is 0.0837. The molecule has 0 amide bonds. The van der Waals surface area contributed by atoms with Gasteiger partial charge in [-0.25, -0.2) is 9.18 Å². The number of aliphatic hydroxyl groups excluding tert-OH is 1. The summed E-state index contributed by atoms with van der Waals surface area (Å²) in [5, 5.41) is 9.37. The van der Waals surface area contributed by atoms with E-state index in [1.807, 2.05) is 0 Å². The lowest BCUT2D eigenvalue weighted by Gasteiger charge is -2.06. The molecule has 7 heteroatoms. The highest BCUT2D eigenvalue weighted by atomic mass is 19.4. The van der Waals surface area contributed by atoms with Crippen LogP contribution in [0.3, 0.4) is 0 Å². The predicted molar refractivity (Wildman–Crippen MR) is 54.0 cm³/mol. The molecule has 0 radical (unpaired) electrons. The second-order valence-corrected chi connectivity index (χ2v) is 3.26. The molecule has 1 aromatic rings. The van der Waals surface area contributed by atoms with Crippen LogP contribution in [0.4, 0.5) is 17.6 Å². The molecule has 0 bridgehead atoms. The van der Waals surface area contributed by atoms with Crippen molar-refractivity contribution in [3.05, 3.63) is 41.7 Å². The molecule has 1 rings (SSSR count). The van der Waals surface area contributed by atoms with Gasteiger partial charge < -0.3 is 9.84 Å². The van der Waals surface area contributed by atoms with E-state index in [-0.39, 0.29) is 5.56 Å². The molecule has 0 spiro atoms. The Morgan fingerprint density at radius 2 is 1.83 bits per heavy atom. The van der Waals surface area contributed by atoms with Crippen molar-refractivity contribution >= 4 is 11.7 Å². The van der Waals surface area contributed by atoms with Crippen LogP contribution in [0.1, 0.15) is 5.56 Å². The van der Waals surface area contributed by atoms with Crippen LogP contribution in [-0.2, 0) is 9.53 Å². The van der Waals surface area contributed by atoms with E-state index in [4.69, 9.17) is 0 Å². The number of ether oxygens (including phenoxy) is 1. The Hall–Kier alpha value is -2.05. The topological polar surface area (TPSA) is 46.5 Å². The molecule has 0 saturated heterocycles. The summed E-state index contributed by atoms with van der Waals surface area (Å²) >= 11 is 0. The van der Waals surface area contributed by atoms with Gasteiger partial charge in [0.1, 0.15) is 11.6 Å². The van der Waals surface area contributed by atoms with Gasteiger partial charge in [0.05, 0.1) is 6.08 Å². The van der Waals surface area contributed by atoms with Crippen molar-refractivity contribution < 1.29 is 32.2 Å². The number of carbonyl (C=O) groups excluding carboxylic acids is 1. The van der Waals surface area contributed by atoms with Gasteiger partial charge in [0.25, 0.3) is 0 Å². The zero-order valence-corrected chi connectivity index (χ0v) is 8.87. The average molecular weight is 264 g/mol. The number of hydrogen-bond acceptors (Lipinski definition) is 3. The van der Waals surface area contributed by atoms with E-state index in [1.165, 1.54) is 0 Å². The largest absolute Gasteiger partial charge is 0.507 e. The minimum Gasteiger partial charge on any atom is -0.507 e. The Bertz CT molecular complexity index is 448. The highest BCUT2D eigenvalue weighted by molar-refractivity contribution is 5.89. The van der Waals surface area contributed by atoms with Gasteiger partial charge in [-0.1, -0.05) is 0 Å². The monoisotopic (exact) mass is 264 g/mol. The lowest BCUT2D eigenvalue weighted by atomic mass is 10.2. The minimum atomic E-state index is -4.63. The summed E-state index contributed by atoms with van der Waals surface area (Å²) < 4.78 is 51.6. The fraction of sp³-hybridized carbons (Fsp3) is 0.182. The van der Waals surface area contributed by atoms with Crippen LogP contribution in [-0.4, -0.2) is 23.9 Å². The van der Waals surface area contributed by atoms with Crippen molar-refractivity contribution in [3.8, 4) is 0 Å². The van der Waals surface area contributed by atoms with Gasteiger partial charge in [0.15, 0.2) is 6.61 Å². The second kappa shape index (κ2) is 5.52. The van der Waals surface area contributed by atoms with Gasteiger partial charge in [0, 0.05) is 5.56 Å². The Kier molecular flexibility index (Phi) is 4.30. The standard InChI is InChI=1S/C11H8F4O3/c12-8-3-1-7(2-4-8)9(16)5-10(17)18-6-11(13,14)15/h1-5,16H,6H2/b9-5-. The van der Waals surface area contributed by atoms with Crippen molar-refractivity contribution in [1.29, 1.82) is 0 Å². The molecule has 0 aliphatic rings. The van der Waals surface area contributed by atoms with Gasteiger partial charge in [-0.3, -0.25) is 0 Å². The number of esters is 1. The molecule has 0 saturated carbocycles. The Morgan fingerprint density at radius 1 is 1.28 bits per heavy atom. The van der Waals surface area contributed by atoms with Crippen LogP contribution in [0.2, 0.25) is 0 Å². The van der Waals surface area contributed by atoms with E-state index >= 15 is 0 Å². The average Bonchev–Trinajstić information content (AvgIpc) is 2.26. The molecule has 18 heavy (non-hydrogen) atoms. The van der Waals surface area contributed by atoms with Crippen molar-refractivity contribution in [2.24, 2.45) is 0 Å². The first-order valence-corrected chi connectivity index (χ1v) is 4.68. The fourth-order valence-electron chi connectivity index (χ4n) is 1.01. The number of alkyl halides is 3. The smallest absolute Gasteiger partial charge is 0.422 e. The maximum atomic E-state index is 12.5. The van der Waals surface area contributed by atoms with Crippen molar-refractivity contribution in [1.82, 2.24) is 0 Å². The Morgan fingerprint density at radius 3 is 2.33 bits per heavy atom. The van der Waals surface area contributed by atoms with E-state index in [2.05, 4.69) is 4.74 Å². The maximum Gasteiger partial charge on any atom is 0.422 e. The first kappa shape index (κ1) is 14.0. The Balaban J connectivity index is 2.66. The maximum absolute atomic E-state index is 12.5. The number of halogens is 4. The predicted octanol–water partition coefficient (Wildman–Crippen LogP) is 2.83. The number of rotatable bonds is 3. The summed E-state index contributed by atoms with van der Waals surface area (Å²) in [6, 6.07) is 4.39. The molecule has 0 aliphatic heterocycles. The highest BCUT2D eigenvalue weighted by Crippen LogP contribution is 2.16. The normalized spacial score (nSPS) is 12.3. The molecule has 1 aromatic carbocycles. The van der Waals surface area contributed by atoms with Crippen LogP contribution in [0, 0.1) is 5.82 Å². The summed E-state index contributed by atoms with van der Waals surface area (Å²) in [6.45, 7) is -1.74. The van der Waals surface area contributed by atoms with E-state index in [0.29, 0.717) is 6.08 Å². The number of benzene rings is 1. The summed E-state index contributed by atoms with van der Waals surface area (Å²) in [5.41, 5.74) is 0.0837. The molecule has 3 nitrogen and oxygen atoms in total. The summed E-state index contributed by atoms with van der Waals surface area (Å²) in [7, 11) is 0. The van der Waals surface area contributed by atoms with E-state index in [1.54, 1.807) is 0 Å². The third-order valence-corrected chi connectivity index (χ3v) is 1.77. The number of aliphatic hydroxyl groups is 1. The van der Waals surface area contributed by atoms with Crippen molar-refractivity contribution in [2.45, 2.75) is 6.18 Å². The van der Waals surface area contributed by atoms with Crippen LogP contribution in [0.5, 0.6) is 0 Å². The number of hydrogen-bond donors (Lipinski definition) is 1. The van der Waals surface area contributed by atoms with Gasteiger partial charge in [0.2, 0.25) is 0 Å².